The van der Waals surface area contributed by atoms with Gasteiger partial charge in [0.05, 0.1) is 34.9 Å². The van der Waals surface area contributed by atoms with Crippen molar-refractivity contribution in [2.24, 2.45) is 50.2 Å². The number of ether oxygens (including phenoxy) is 2. The first kappa shape index (κ1) is 53.5. The number of rotatable bonds is 12. The van der Waals surface area contributed by atoms with Gasteiger partial charge >= 0.3 is 0 Å². The molecule has 7 fully saturated rings. The van der Waals surface area contributed by atoms with Crippen molar-refractivity contribution >= 4 is 22.6 Å². The number of aromatic nitrogens is 2. The molecule has 6 aliphatic carbocycles. The van der Waals surface area contributed by atoms with Crippen LogP contribution in [-0.2, 0) is 32.0 Å². The van der Waals surface area contributed by atoms with Gasteiger partial charge in [-0.15, -0.1) is 0 Å². The van der Waals surface area contributed by atoms with Crippen LogP contribution in [0.1, 0.15) is 210 Å². The lowest BCUT2D eigenvalue weighted by atomic mass is 9.30. The summed E-state index contributed by atoms with van der Waals surface area (Å²) in [6.07, 6.45) is 17.6. The summed E-state index contributed by atoms with van der Waals surface area (Å²) in [5.74, 6) is 0.564. The van der Waals surface area contributed by atoms with Crippen LogP contribution in [0.25, 0.3) is 11.0 Å². The van der Waals surface area contributed by atoms with Gasteiger partial charge in [0.25, 0.3) is 0 Å². The van der Waals surface area contributed by atoms with E-state index in [1.807, 2.05) is 20.9 Å². The summed E-state index contributed by atoms with van der Waals surface area (Å²) in [6.45, 7) is 18.5. The number of hydrogen-bond acceptors (Lipinski definition) is 9. The van der Waals surface area contributed by atoms with Gasteiger partial charge in [0.1, 0.15) is 11.9 Å². The predicted molar refractivity (Wildman–Crippen MR) is 296 cm³/mol. The van der Waals surface area contributed by atoms with E-state index in [1.165, 1.54) is 48.8 Å². The number of hydrogen-bond donors (Lipinski definition) is 6. The number of aryl methyl sites for hydroxylation is 1. The van der Waals surface area contributed by atoms with Crippen molar-refractivity contribution in [2.75, 3.05) is 33.4 Å². The number of aliphatic hydroxyl groups excluding tert-OH is 4. The molecule has 0 amide bonds. The molecule has 5 saturated carbocycles. The summed E-state index contributed by atoms with van der Waals surface area (Å²) < 4.78 is 14.5. The highest BCUT2D eigenvalue weighted by Crippen LogP contribution is 2.80. The highest BCUT2D eigenvalue weighted by atomic mass is 16.6. The molecule has 0 bridgehead atoms. The summed E-state index contributed by atoms with van der Waals surface area (Å²) >= 11 is 0. The quantitative estimate of drug-likeness (QED) is 0.0967. The first-order valence-corrected chi connectivity index (χ1v) is 30.4. The van der Waals surface area contributed by atoms with Crippen LogP contribution in [0.5, 0.6) is 0 Å². The number of allylic oxidation sites excluding steroid dienone is 1. The molecule has 2 saturated heterocycles. The van der Waals surface area contributed by atoms with Crippen molar-refractivity contribution in [1.29, 1.82) is 0 Å². The third-order valence-corrected chi connectivity index (χ3v) is 24.4. The summed E-state index contributed by atoms with van der Waals surface area (Å²) in [5, 5.41) is 52.7. The maximum absolute atomic E-state index is 15.8. The molecule has 14 atom stereocenters. The van der Waals surface area contributed by atoms with Gasteiger partial charge in [0.15, 0.2) is 5.78 Å². The van der Waals surface area contributed by atoms with Crippen LogP contribution < -0.4 is 5.32 Å². The van der Waals surface area contributed by atoms with Crippen LogP contribution in [0.2, 0.25) is 0 Å². The smallest absolute Gasteiger partial charge is 0.160 e. The fourth-order valence-corrected chi connectivity index (χ4v) is 20.2. The minimum atomic E-state index is -0.872. The average molecular weight is 1040 g/mol. The van der Waals surface area contributed by atoms with Crippen molar-refractivity contribution in [3.05, 3.63) is 69.6 Å². The van der Waals surface area contributed by atoms with Crippen LogP contribution in [-0.4, -0.2) is 105 Å². The Kier molecular flexibility index (Phi) is 13.4. The first-order chi connectivity index (χ1) is 36.2. The molecule has 3 aliphatic heterocycles. The van der Waals surface area contributed by atoms with Gasteiger partial charge in [-0.2, -0.15) is 0 Å². The van der Waals surface area contributed by atoms with Crippen molar-refractivity contribution < 1.29 is 39.5 Å². The minimum Gasteiger partial charge on any atom is -0.396 e. The highest BCUT2D eigenvalue weighted by molar-refractivity contribution is 6.02. The number of fused-ring (bicyclic) bond motifs is 5. The standard InChI is InChI=1S/C65H93N3O8/c1-59(2)58(76-59)49(72)32-60(3)20-14-40-35-67-54-46(45(17-25-69)43-29-41(38-12-10-9-11-13-38)28-42(30-43)39-18-26-75-27-19-39)36-68(55(40)54)37-47-52-53(60)48(71)33-63(52,6)62(5)21-16-50-61(4,23-24-66-8)51(73)34-65(22-15-44(70)31-65)64(50,7)57(62)56(47)74/h28-30,35-36,38-39,44-45,47,49-50,56-58,66-67,69-70,72,74H,9-27,31-34,37H2,1-8H3. The van der Waals surface area contributed by atoms with Crippen molar-refractivity contribution in [3.8, 4) is 0 Å². The summed E-state index contributed by atoms with van der Waals surface area (Å²) in [7, 11) is 1.96. The zero-order valence-corrected chi connectivity index (χ0v) is 47.5. The Morgan fingerprint density at radius 3 is 2.25 bits per heavy atom. The zero-order chi connectivity index (χ0) is 53.5. The highest BCUT2D eigenvalue weighted by Gasteiger charge is 2.77. The third kappa shape index (κ3) is 7.92. The van der Waals surface area contributed by atoms with Crippen molar-refractivity contribution in [2.45, 2.75) is 225 Å². The number of aromatic amines is 1. The molecular weight excluding hydrogens is 951 g/mol. The second-order valence-corrected chi connectivity index (χ2v) is 28.6. The van der Waals surface area contributed by atoms with E-state index in [0.29, 0.717) is 82.0 Å². The average Bonchev–Trinajstić information content (AvgIpc) is 4.01. The maximum atomic E-state index is 15.8. The Balaban J connectivity index is 1.05. The number of carbonyl (C=O) groups excluding carboxylic acids is 2. The summed E-state index contributed by atoms with van der Waals surface area (Å²) in [6, 6.07) is 7.45. The molecule has 5 heterocycles. The maximum Gasteiger partial charge on any atom is 0.160 e. The molecule has 12 rings (SSSR count). The number of aliphatic hydroxyl groups is 4. The van der Waals surface area contributed by atoms with Gasteiger partial charge in [0.2, 0.25) is 0 Å². The van der Waals surface area contributed by atoms with E-state index < -0.39 is 62.3 Å². The molecule has 9 aliphatic rings. The van der Waals surface area contributed by atoms with Crippen LogP contribution >= 0.6 is 0 Å². The van der Waals surface area contributed by atoms with Gasteiger partial charge in [-0.3, -0.25) is 9.59 Å². The van der Waals surface area contributed by atoms with Crippen molar-refractivity contribution in [3.63, 3.8) is 0 Å². The number of nitrogens with zero attached hydrogens (tertiary/aromatic N) is 1. The Labute approximate surface area is 453 Å². The molecule has 3 aromatic rings. The molecule has 11 nitrogen and oxygen atoms in total. The fourth-order valence-electron chi connectivity index (χ4n) is 20.2. The zero-order valence-electron chi connectivity index (χ0n) is 47.5. The van der Waals surface area contributed by atoms with Gasteiger partial charge in [-0.25, -0.2) is 0 Å². The molecule has 2 aromatic heterocycles. The lowest BCUT2D eigenvalue weighted by molar-refractivity contribution is -0.262. The van der Waals surface area contributed by atoms with E-state index in [4.69, 9.17) is 9.47 Å². The van der Waals surface area contributed by atoms with E-state index in [-0.39, 0.29) is 36.2 Å². The third-order valence-electron chi connectivity index (χ3n) is 24.4. The van der Waals surface area contributed by atoms with E-state index in [0.717, 1.165) is 85.2 Å². The number of H-pyrrole nitrogens is 1. The molecule has 11 heteroatoms. The van der Waals surface area contributed by atoms with Gasteiger partial charge in [-0.05, 0) is 190 Å². The molecule has 76 heavy (non-hydrogen) atoms. The second kappa shape index (κ2) is 19.0. The van der Waals surface area contributed by atoms with Crippen LogP contribution in [0.4, 0.5) is 0 Å². The summed E-state index contributed by atoms with van der Waals surface area (Å²) in [4.78, 5) is 34.6. The molecule has 1 spiro atoms. The number of nitrogens with one attached hydrogen (secondary N) is 2. The SMILES string of the molecule is CNCCC1(C)C(=O)CC2(CCC(O)C2)C2(C)C1CCC1(C)C2C(O)C2Cn3cc(C(CCO)c4cc(C5CCCCC5)cc(C5CCOCC5)c4)c4[nH]cc(c43)CCC(C)(CC(O)C3OC3(C)C)C3=C2C1(C)CC3=O. The molecule has 14 unspecified atom stereocenters. The van der Waals surface area contributed by atoms with Crippen LogP contribution in [0, 0.1) is 50.2 Å². The fraction of sp³-hybridized carbons (Fsp3) is 0.754. The number of carbonyl (C=O) groups is 2. The topological polar surface area (TPSA) is 170 Å². The summed E-state index contributed by atoms with van der Waals surface area (Å²) in [5.41, 5.74) is 6.57. The normalized spacial score (nSPS) is 40.3. The Morgan fingerprint density at radius 1 is 0.882 bits per heavy atom. The number of benzene rings is 1. The van der Waals surface area contributed by atoms with E-state index in [9.17, 15) is 25.2 Å². The molecular formula is C65H93N3O8. The molecule has 6 N–H and O–H groups in total. The van der Waals surface area contributed by atoms with E-state index >= 15 is 4.79 Å². The van der Waals surface area contributed by atoms with Gasteiger partial charge < -0.3 is 44.8 Å². The van der Waals surface area contributed by atoms with E-state index in [2.05, 4.69) is 80.1 Å². The number of epoxide rings is 1. The number of ketones is 2. The monoisotopic (exact) mass is 1040 g/mol. The first-order valence-electron chi connectivity index (χ1n) is 30.4. The molecule has 416 valence electrons. The lowest BCUT2D eigenvalue weighted by Gasteiger charge is -2.74. The number of Topliss-reactive ketones (excluding diaryl/α,β-unsaturated/α-hetero) is 2. The van der Waals surface area contributed by atoms with Gasteiger partial charge in [0, 0.05) is 85.4 Å². The largest absolute Gasteiger partial charge is 0.396 e. The molecule has 1 aromatic carbocycles. The Bertz CT molecular complexity index is 2740. The Morgan fingerprint density at radius 2 is 1.59 bits per heavy atom. The van der Waals surface area contributed by atoms with E-state index in [1.54, 1.807) is 0 Å². The van der Waals surface area contributed by atoms with Crippen molar-refractivity contribution in [1.82, 2.24) is 14.9 Å². The second-order valence-electron chi connectivity index (χ2n) is 28.6. The molecule has 0 radical (unpaired) electrons. The van der Waals surface area contributed by atoms with Crippen LogP contribution in [0.3, 0.4) is 0 Å². The minimum absolute atomic E-state index is 0.0176. The van der Waals surface area contributed by atoms with Crippen LogP contribution in [0.15, 0.2) is 41.7 Å². The lowest BCUT2D eigenvalue weighted by Crippen LogP contribution is -2.72. The predicted octanol–water partition coefficient (Wildman–Crippen LogP) is 10.7. The Hall–Kier alpha value is -3.16. The van der Waals surface area contributed by atoms with Gasteiger partial charge in [-0.1, -0.05) is 72.1 Å².